The van der Waals surface area contributed by atoms with Gasteiger partial charge in [-0.25, -0.2) is 0 Å². The van der Waals surface area contributed by atoms with Crippen molar-refractivity contribution in [3.8, 4) is 17.2 Å². The number of carbonyl (C=O) groups excluding carboxylic acids is 2. The van der Waals surface area contributed by atoms with E-state index in [0.717, 1.165) is 18.7 Å². The number of hydrogen-bond acceptors (Lipinski definition) is 6. The maximum atomic E-state index is 13.4. The van der Waals surface area contributed by atoms with E-state index >= 15 is 0 Å². The Bertz CT molecular complexity index is 1330. The van der Waals surface area contributed by atoms with Gasteiger partial charge in [-0.15, -0.1) is 0 Å². The summed E-state index contributed by atoms with van der Waals surface area (Å²) in [5.74, 6) is 0.387. The molecule has 0 bridgehead atoms. The Morgan fingerprint density at radius 2 is 1.66 bits per heavy atom. The summed E-state index contributed by atoms with van der Waals surface area (Å²) < 4.78 is 11.4. The van der Waals surface area contributed by atoms with E-state index in [-0.39, 0.29) is 11.3 Å². The molecule has 1 amide bonds. The highest BCUT2D eigenvalue weighted by Crippen LogP contribution is 2.41. The van der Waals surface area contributed by atoms with Crippen molar-refractivity contribution < 1.29 is 24.2 Å². The van der Waals surface area contributed by atoms with Crippen molar-refractivity contribution in [1.82, 2.24) is 9.80 Å². The van der Waals surface area contributed by atoms with E-state index in [1.807, 2.05) is 61.5 Å². The van der Waals surface area contributed by atoms with Crippen LogP contribution in [0, 0.1) is 6.92 Å². The molecule has 3 aromatic carbocycles. The van der Waals surface area contributed by atoms with Crippen LogP contribution in [0.3, 0.4) is 0 Å². The molecule has 0 spiro atoms. The summed E-state index contributed by atoms with van der Waals surface area (Å²) in [6.07, 6.45) is 0. The number of aryl methyl sites for hydroxylation is 1. The van der Waals surface area contributed by atoms with Crippen molar-refractivity contribution in [1.29, 1.82) is 0 Å². The fourth-order valence-electron chi connectivity index (χ4n) is 4.80. The molecule has 0 saturated carbocycles. The molecule has 1 saturated heterocycles. The molecule has 0 radical (unpaired) electrons. The number of ketones is 1. The molecule has 1 N–H and O–H groups in total. The van der Waals surface area contributed by atoms with Crippen LogP contribution in [0.2, 0.25) is 0 Å². The van der Waals surface area contributed by atoms with E-state index in [1.54, 1.807) is 30.2 Å². The first kappa shape index (κ1) is 26.9. The number of aliphatic hydroxyl groups is 1. The smallest absolute Gasteiger partial charge is 0.295 e. The molecule has 0 aliphatic carbocycles. The minimum absolute atomic E-state index is 0.0657. The van der Waals surface area contributed by atoms with Crippen LogP contribution in [0.1, 0.15) is 36.6 Å². The van der Waals surface area contributed by atoms with Crippen molar-refractivity contribution in [3.05, 3.63) is 95.1 Å². The lowest BCUT2D eigenvalue weighted by Gasteiger charge is -2.28. The number of rotatable bonds is 10. The van der Waals surface area contributed by atoms with Crippen molar-refractivity contribution in [2.24, 2.45) is 0 Å². The number of aliphatic hydroxyl groups excluding tert-OH is 1. The molecule has 1 aliphatic rings. The Morgan fingerprint density at radius 1 is 0.947 bits per heavy atom. The number of Topliss-reactive ketones (excluding diaryl/α,β-unsaturated/α-hetero) is 1. The third kappa shape index (κ3) is 5.58. The molecule has 3 aromatic rings. The molecule has 7 heteroatoms. The average Bonchev–Trinajstić information content (AvgIpc) is 3.19. The quantitative estimate of drug-likeness (QED) is 0.217. The van der Waals surface area contributed by atoms with E-state index in [4.69, 9.17) is 9.47 Å². The minimum Gasteiger partial charge on any atom is -0.507 e. The maximum Gasteiger partial charge on any atom is 0.295 e. The van der Waals surface area contributed by atoms with Gasteiger partial charge in [-0.3, -0.25) is 9.59 Å². The van der Waals surface area contributed by atoms with Crippen LogP contribution in [0.15, 0.2) is 78.4 Å². The summed E-state index contributed by atoms with van der Waals surface area (Å²) in [5.41, 5.74) is 2.01. The number of ether oxygens (including phenoxy) is 2. The van der Waals surface area contributed by atoms with Crippen LogP contribution >= 0.6 is 0 Å². The molecule has 38 heavy (non-hydrogen) atoms. The molecular formula is C31H34N2O5. The van der Waals surface area contributed by atoms with Gasteiger partial charge in [0.05, 0.1) is 18.7 Å². The van der Waals surface area contributed by atoms with Gasteiger partial charge in [-0.2, -0.15) is 0 Å². The highest BCUT2D eigenvalue weighted by molar-refractivity contribution is 6.46. The fourth-order valence-corrected chi connectivity index (χ4v) is 4.80. The fraction of sp³-hybridized carbons (Fsp3) is 0.290. The van der Waals surface area contributed by atoms with Crippen LogP contribution in [0.25, 0.3) is 5.76 Å². The van der Waals surface area contributed by atoms with Gasteiger partial charge in [-0.1, -0.05) is 44.2 Å². The number of likely N-dealkylation sites (N-methyl/N-ethyl adjacent to an activating group) is 1. The molecule has 1 atom stereocenters. The second-order valence-corrected chi connectivity index (χ2v) is 9.19. The molecule has 0 aromatic heterocycles. The third-order valence-corrected chi connectivity index (χ3v) is 6.91. The number of carbonyl (C=O) groups is 2. The lowest BCUT2D eigenvalue weighted by molar-refractivity contribution is -0.140. The van der Waals surface area contributed by atoms with E-state index in [9.17, 15) is 14.7 Å². The first-order valence-corrected chi connectivity index (χ1v) is 12.9. The lowest BCUT2D eigenvalue weighted by atomic mass is 9.94. The topological polar surface area (TPSA) is 79.3 Å². The number of hydrogen-bond donors (Lipinski definition) is 1. The second-order valence-electron chi connectivity index (χ2n) is 9.19. The molecule has 7 nitrogen and oxygen atoms in total. The highest BCUT2D eigenvalue weighted by Gasteiger charge is 2.46. The summed E-state index contributed by atoms with van der Waals surface area (Å²) >= 11 is 0. The predicted octanol–water partition coefficient (Wildman–Crippen LogP) is 5.56. The van der Waals surface area contributed by atoms with Gasteiger partial charge >= 0.3 is 0 Å². The monoisotopic (exact) mass is 514 g/mol. The summed E-state index contributed by atoms with van der Waals surface area (Å²) in [6.45, 7) is 8.60. The summed E-state index contributed by atoms with van der Waals surface area (Å²) in [4.78, 5) is 30.5. The van der Waals surface area contributed by atoms with Gasteiger partial charge in [0.1, 0.15) is 23.0 Å². The third-order valence-electron chi connectivity index (χ3n) is 6.91. The van der Waals surface area contributed by atoms with E-state index < -0.39 is 17.7 Å². The van der Waals surface area contributed by atoms with Crippen molar-refractivity contribution >= 4 is 17.4 Å². The normalized spacial score (nSPS) is 16.8. The van der Waals surface area contributed by atoms with Crippen LogP contribution in [0.4, 0.5) is 0 Å². The zero-order chi connectivity index (χ0) is 27.2. The average molecular weight is 515 g/mol. The van der Waals surface area contributed by atoms with Crippen LogP contribution < -0.4 is 9.47 Å². The number of nitrogens with zero attached hydrogens (tertiary/aromatic N) is 2. The largest absolute Gasteiger partial charge is 0.507 e. The highest BCUT2D eigenvalue weighted by atomic mass is 16.5. The maximum absolute atomic E-state index is 13.4. The molecule has 4 rings (SSSR count). The second kappa shape index (κ2) is 12.0. The van der Waals surface area contributed by atoms with Gasteiger partial charge in [0.25, 0.3) is 11.7 Å². The van der Waals surface area contributed by atoms with Gasteiger partial charge in [0, 0.05) is 18.7 Å². The van der Waals surface area contributed by atoms with Crippen LogP contribution in [-0.4, -0.2) is 59.9 Å². The number of benzene rings is 3. The SMILES string of the molecule is CCN(CC)CCN1C(=O)C(=O)C(=C(O)c2ccc(OC)c(C)c2)C1c1cccc(Oc2ccccc2)c1. The minimum atomic E-state index is -0.757. The molecular weight excluding hydrogens is 480 g/mol. The molecule has 1 fully saturated rings. The van der Waals surface area contributed by atoms with E-state index in [0.29, 0.717) is 41.5 Å². The Balaban J connectivity index is 1.80. The standard InChI is InChI=1S/C31H34N2O5/c1-5-32(6-2)17-18-33-28(22-11-10-14-25(20-22)38-24-12-8-7-9-13-24)27(30(35)31(33)36)29(34)23-15-16-26(37-4)21(3)19-23/h7-16,19-20,28,34H,5-6,17-18H2,1-4H3. The number of methoxy groups -OCH3 is 1. The van der Waals surface area contributed by atoms with Crippen LogP contribution in [0.5, 0.6) is 17.2 Å². The number of para-hydroxylation sites is 1. The van der Waals surface area contributed by atoms with Gasteiger partial charge in [0.2, 0.25) is 0 Å². The zero-order valence-corrected chi connectivity index (χ0v) is 22.3. The first-order chi connectivity index (χ1) is 18.4. The number of amides is 1. The Kier molecular flexibility index (Phi) is 8.48. The Morgan fingerprint density at radius 3 is 2.32 bits per heavy atom. The van der Waals surface area contributed by atoms with Gasteiger partial charge in [0.15, 0.2) is 0 Å². The molecule has 1 unspecified atom stereocenters. The van der Waals surface area contributed by atoms with Crippen LogP contribution in [-0.2, 0) is 9.59 Å². The van der Waals surface area contributed by atoms with Crippen molar-refractivity contribution in [2.45, 2.75) is 26.8 Å². The summed E-state index contributed by atoms with van der Waals surface area (Å²) in [7, 11) is 1.58. The van der Waals surface area contributed by atoms with Gasteiger partial charge < -0.3 is 24.4 Å². The lowest BCUT2D eigenvalue weighted by Crippen LogP contribution is -2.38. The predicted molar refractivity (Wildman–Crippen MR) is 147 cm³/mol. The van der Waals surface area contributed by atoms with Crippen molar-refractivity contribution in [2.75, 3.05) is 33.3 Å². The Labute approximate surface area is 223 Å². The molecule has 1 heterocycles. The zero-order valence-electron chi connectivity index (χ0n) is 22.3. The first-order valence-electron chi connectivity index (χ1n) is 12.9. The summed E-state index contributed by atoms with van der Waals surface area (Å²) in [6, 6.07) is 21.2. The van der Waals surface area contributed by atoms with Gasteiger partial charge in [-0.05, 0) is 73.6 Å². The molecule has 1 aliphatic heterocycles. The Hall–Kier alpha value is -4.10. The van der Waals surface area contributed by atoms with E-state index in [1.165, 1.54) is 0 Å². The number of likely N-dealkylation sites (tertiary alicyclic amines) is 1. The molecule has 198 valence electrons. The summed E-state index contributed by atoms with van der Waals surface area (Å²) in [5, 5.41) is 11.4. The van der Waals surface area contributed by atoms with Crippen molar-refractivity contribution in [3.63, 3.8) is 0 Å². The van der Waals surface area contributed by atoms with E-state index in [2.05, 4.69) is 18.7 Å².